The summed E-state index contributed by atoms with van der Waals surface area (Å²) in [5.74, 6) is 0.601. The Kier molecular flexibility index (Phi) is 3.63. The summed E-state index contributed by atoms with van der Waals surface area (Å²) in [5, 5.41) is 3.78. The van der Waals surface area contributed by atoms with E-state index in [1.165, 1.54) is 41.8 Å². The summed E-state index contributed by atoms with van der Waals surface area (Å²) in [5.41, 5.74) is 5.91. The van der Waals surface area contributed by atoms with E-state index in [4.69, 9.17) is 0 Å². The quantitative estimate of drug-likeness (QED) is 0.797. The van der Waals surface area contributed by atoms with Crippen LogP contribution in [-0.2, 0) is 12.8 Å². The molecule has 0 aliphatic carbocycles. The lowest BCUT2D eigenvalue weighted by molar-refractivity contribution is 0.315. The Labute approximate surface area is 133 Å². The second kappa shape index (κ2) is 5.77. The molecule has 0 aromatic heterocycles. The Balaban J connectivity index is 1.73. The summed E-state index contributed by atoms with van der Waals surface area (Å²) in [6, 6.07) is 18.4. The van der Waals surface area contributed by atoms with Crippen molar-refractivity contribution in [3.05, 3.63) is 65.2 Å². The van der Waals surface area contributed by atoms with Gasteiger partial charge in [0.15, 0.2) is 0 Å². The minimum atomic E-state index is 0.561. The van der Waals surface area contributed by atoms with Crippen LogP contribution in [0.5, 0.6) is 0 Å². The summed E-state index contributed by atoms with van der Waals surface area (Å²) >= 11 is 0. The molecule has 2 aliphatic rings. The highest BCUT2D eigenvalue weighted by Crippen LogP contribution is 2.40. The van der Waals surface area contributed by atoms with Gasteiger partial charge in [0, 0.05) is 24.2 Å². The van der Waals surface area contributed by atoms with Crippen LogP contribution in [0.1, 0.15) is 29.0 Å². The maximum atomic E-state index is 3.78. The third-order valence-electron chi connectivity index (χ3n) is 5.33. The Morgan fingerprint density at radius 1 is 0.955 bits per heavy atom. The van der Waals surface area contributed by atoms with Crippen molar-refractivity contribution in [1.29, 1.82) is 0 Å². The van der Waals surface area contributed by atoms with Crippen molar-refractivity contribution in [1.82, 2.24) is 4.90 Å². The molecule has 4 rings (SSSR count). The Bertz CT molecular complexity index is 664. The second-order valence-corrected chi connectivity index (χ2v) is 6.76. The fraction of sp³-hybridized carbons (Fsp3) is 0.400. The summed E-state index contributed by atoms with van der Waals surface area (Å²) in [6.07, 6.45) is 3.55. The SMILES string of the molecule is CN1CCc2ccccc2CC2c3ccccc3NC2CC1. The molecular formula is C20H24N2. The molecule has 22 heavy (non-hydrogen) atoms. The molecular weight excluding hydrogens is 268 g/mol. The zero-order valence-electron chi connectivity index (χ0n) is 13.3. The van der Waals surface area contributed by atoms with Crippen molar-refractivity contribution in [2.24, 2.45) is 0 Å². The summed E-state index contributed by atoms with van der Waals surface area (Å²) in [7, 11) is 2.25. The van der Waals surface area contributed by atoms with E-state index >= 15 is 0 Å². The number of nitrogens with one attached hydrogen (secondary N) is 1. The molecule has 2 aliphatic heterocycles. The predicted octanol–water partition coefficient (Wildman–Crippen LogP) is 3.69. The van der Waals surface area contributed by atoms with Crippen molar-refractivity contribution in [2.75, 3.05) is 25.5 Å². The number of likely N-dealkylation sites (N-methyl/N-ethyl adjacent to an activating group) is 1. The summed E-state index contributed by atoms with van der Waals surface area (Å²) < 4.78 is 0. The van der Waals surface area contributed by atoms with Gasteiger partial charge in [0.1, 0.15) is 0 Å². The van der Waals surface area contributed by atoms with Crippen LogP contribution in [0, 0.1) is 0 Å². The fourth-order valence-electron chi connectivity index (χ4n) is 4.01. The van der Waals surface area contributed by atoms with Crippen molar-refractivity contribution >= 4 is 5.69 Å². The molecule has 2 aromatic rings. The van der Waals surface area contributed by atoms with Crippen LogP contribution in [0.25, 0.3) is 0 Å². The molecule has 2 atom stereocenters. The first kappa shape index (κ1) is 13.8. The topological polar surface area (TPSA) is 15.3 Å². The largest absolute Gasteiger partial charge is 0.381 e. The van der Waals surface area contributed by atoms with Crippen LogP contribution < -0.4 is 5.32 Å². The molecule has 2 heterocycles. The number of rotatable bonds is 0. The van der Waals surface area contributed by atoms with Crippen LogP contribution in [0.4, 0.5) is 5.69 Å². The van der Waals surface area contributed by atoms with E-state index in [1.807, 2.05) is 0 Å². The number of hydrogen-bond donors (Lipinski definition) is 1. The van der Waals surface area contributed by atoms with E-state index in [-0.39, 0.29) is 0 Å². The van der Waals surface area contributed by atoms with Crippen LogP contribution in [0.3, 0.4) is 0 Å². The Hall–Kier alpha value is -1.80. The predicted molar refractivity (Wildman–Crippen MR) is 92.6 cm³/mol. The molecule has 0 spiro atoms. The third kappa shape index (κ3) is 2.52. The van der Waals surface area contributed by atoms with Gasteiger partial charge in [-0.2, -0.15) is 0 Å². The minimum absolute atomic E-state index is 0.561. The number of fused-ring (bicyclic) bond motifs is 4. The highest BCUT2D eigenvalue weighted by atomic mass is 15.1. The number of nitrogens with zero attached hydrogens (tertiary/aromatic N) is 1. The fourth-order valence-corrected chi connectivity index (χ4v) is 4.01. The van der Waals surface area contributed by atoms with Crippen molar-refractivity contribution in [3.63, 3.8) is 0 Å². The first-order chi connectivity index (χ1) is 10.8. The normalized spacial score (nSPS) is 24.8. The van der Waals surface area contributed by atoms with Gasteiger partial charge in [-0.15, -0.1) is 0 Å². The number of anilines is 1. The lowest BCUT2D eigenvalue weighted by atomic mass is 9.85. The van der Waals surface area contributed by atoms with E-state index in [0.29, 0.717) is 12.0 Å². The molecule has 2 heteroatoms. The van der Waals surface area contributed by atoms with Gasteiger partial charge in [-0.1, -0.05) is 42.5 Å². The van der Waals surface area contributed by atoms with Gasteiger partial charge in [0.25, 0.3) is 0 Å². The monoisotopic (exact) mass is 292 g/mol. The van der Waals surface area contributed by atoms with E-state index in [9.17, 15) is 0 Å². The lowest BCUT2D eigenvalue weighted by Crippen LogP contribution is -2.31. The van der Waals surface area contributed by atoms with E-state index in [0.717, 1.165) is 13.0 Å². The molecule has 114 valence electrons. The molecule has 0 radical (unpaired) electrons. The molecule has 2 aromatic carbocycles. The first-order valence-corrected chi connectivity index (χ1v) is 8.42. The molecule has 2 unspecified atom stereocenters. The standard InChI is InChI=1S/C20H24N2/c1-22-12-10-15-6-2-3-7-16(15)14-18-17-8-4-5-9-19(17)21-20(18)11-13-22/h2-9,18,20-21H,10-14H2,1H3. The van der Waals surface area contributed by atoms with Crippen molar-refractivity contribution in [3.8, 4) is 0 Å². The highest BCUT2D eigenvalue weighted by molar-refractivity contribution is 5.59. The number of para-hydroxylation sites is 1. The Morgan fingerprint density at radius 3 is 2.64 bits per heavy atom. The van der Waals surface area contributed by atoms with Gasteiger partial charge in [-0.05, 0) is 55.6 Å². The first-order valence-electron chi connectivity index (χ1n) is 8.42. The second-order valence-electron chi connectivity index (χ2n) is 6.76. The third-order valence-corrected chi connectivity index (χ3v) is 5.33. The average molecular weight is 292 g/mol. The number of benzene rings is 2. The van der Waals surface area contributed by atoms with Gasteiger partial charge in [0.2, 0.25) is 0 Å². The maximum Gasteiger partial charge on any atom is 0.0378 e. The van der Waals surface area contributed by atoms with Crippen LogP contribution in [-0.4, -0.2) is 31.1 Å². The van der Waals surface area contributed by atoms with E-state index < -0.39 is 0 Å². The van der Waals surface area contributed by atoms with Gasteiger partial charge in [-0.25, -0.2) is 0 Å². The van der Waals surface area contributed by atoms with E-state index in [2.05, 4.69) is 65.8 Å². The van der Waals surface area contributed by atoms with Gasteiger partial charge >= 0.3 is 0 Å². The molecule has 0 fully saturated rings. The molecule has 2 nitrogen and oxygen atoms in total. The minimum Gasteiger partial charge on any atom is -0.381 e. The summed E-state index contributed by atoms with van der Waals surface area (Å²) in [6.45, 7) is 2.33. The number of hydrogen-bond acceptors (Lipinski definition) is 2. The lowest BCUT2D eigenvalue weighted by Gasteiger charge is -2.27. The molecule has 0 bridgehead atoms. The average Bonchev–Trinajstić information content (AvgIpc) is 2.90. The van der Waals surface area contributed by atoms with Crippen molar-refractivity contribution in [2.45, 2.75) is 31.2 Å². The zero-order chi connectivity index (χ0) is 14.9. The van der Waals surface area contributed by atoms with Crippen LogP contribution in [0.2, 0.25) is 0 Å². The van der Waals surface area contributed by atoms with E-state index in [1.54, 1.807) is 0 Å². The smallest absolute Gasteiger partial charge is 0.0378 e. The molecule has 0 saturated carbocycles. The molecule has 0 amide bonds. The Morgan fingerprint density at radius 2 is 1.73 bits per heavy atom. The van der Waals surface area contributed by atoms with Gasteiger partial charge < -0.3 is 10.2 Å². The van der Waals surface area contributed by atoms with Crippen LogP contribution in [0.15, 0.2) is 48.5 Å². The van der Waals surface area contributed by atoms with Gasteiger partial charge in [0.05, 0.1) is 0 Å². The molecule has 0 saturated heterocycles. The summed E-state index contributed by atoms with van der Waals surface area (Å²) in [4.78, 5) is 2.48. The zero-order valence-corrected chi connectivity index (χ0v) is 13.3. The van der Waals surface area contributed by atoms with Crippen LogP contribution >= 0.6 is 0 Å². The van der Waals surface area contributed by atoms with Crippen molar-refractivity contribution < 1.29 is 0 Å². The maximum absolute atomic E-state index is 3.78. The van der Waals surface area contributed by atoms with Gasteiger partial charge in [-0.3, -0.25) is 0 Å². The highest BCUT2D eigenvalue weighted by Gasteiger charge is 2.32. The molecule has 1 N–H and O–H groups in total.